The van der Waals surface area contributed by atoms with Crippen molar-refractivity contribution in [1.82, 2.24) is 14.8 Å². The molecule has 2 aromatic heterocycles. The highest BCUT2D eigenvalue weighted by Gasteiger charge is 2.30. The first kappa shape index (κ1) is 23.5. The van der Waals surface area contributed by atoms with Crippen LogP contribution < -0.4 is 10.6 Å². The number of aryl methyl sites for hydroxylation is 1. The molecule has 2 N–H and O–H groups in total. The average Bonchev–Trinajstić information content (AvgIpc) is 3.19. The third-order valence-corrected chi connectivity index (χ3v) is 5.07. The molecule has 0 aliphatic carbocycles. The van der Waals surface area contributed by atoms with Gasteiger partial charge in [0.2, 0.25) is 0 Å². The Morgan fingerprint density at radius 1 is 1.12 bits per heavy atom. The Balaban J connectivity index is 2.16. The van der Waals surface area contributed by atoms with Crippen molar-refractivity contribution >= 4 is 45.9 Å². The first-order valence-corrected chi connectivity index (χ1v) is 11.0. The largest absolute Gasteiger partial charge is 0.443 e. The number of ether oxygens (including phenoxy) is 2. The Labute approximate surface area is 191 Å². The van der Waals surface area contributed by atoms with Gasteiger partial charge >= 0.3 is 12.2 Å². The molecule has 0 unspecified atom stereocenters. The molecular weight excluding hydrogens is 430 g/mol. The van der Waals surface area contributed by atoms with Gasteiger partial charge in [0.15, 0.2) is 5.82 Å². The summed E-state index contributed by atoms with van der Waals surface area (Å²) < 4.78 is 12.3. The molecule has 0 bridgehead atoms. The molecule has 0 saturated carbocycles. The van der Waals surface area contributed by atoms with Crippen molar-refractivity contribution in [1.29, 1.82) is 0 Å². The third kappa shape index (κ3) is 5.37. The zero-order valence-corrected chi connectivity index (χ0v) is 20.2. The van der Waals surface area contributed by atoms with Gasteiger partial charge in [0.1, 0.15) is 11.2 Å². The number of rotatable bonds is 3. The first-order chi connectivity index (χ1) is 14.7. The lowest BCUT2D eigenvalue weighted by Crippen LogP contribution is -2.37. The summed E-state index contributed by atoms with van der Waals surface area (Å²) in [5, 5.41) is 5.02. The molecule has 0 radical (unpaired) electrons. The molecule has 172 valence electrons. The fourth-order valence-corrected chi connectivity index (χ4v) is 3.52. The Morgan fingerprint density at radius 2 is 1.78 bits per heavy atom. The number of benzene rings is 1. The Bertz CT molecular complexity index is 1150. The normalized spacial score (nSPS) is 12.1. The summed E-state index contributed by atoms with van der Waals surface area (Å²) in [7, 11) is 0. The van der Waals surface area contributed by atoms with Crippen molar-refractivity contribution in [2.24, 2.45) is 0 Å². The van der Waals surface area contributed by atoms with E-state index in [1.54, 1.807) is 65.3 Å². The van der Waals surface area contributed by atoms with E-state index in [4.69, 9.17) is 15.2 Å². The minimum Gasteiger partial charge on any atom is -0.443 e. The van der Waals surface area contributed by atoms with E-state index in [2.05, 4.69) is 10.1 Å². The number of hydrogen-bond acceptors (Lipinski definition) is 8. The van der Waals surface area contributed by atoms with E-state index >= 15 is 0 Å². The van der Waals surface area contributed by atoms with Gasteiger partial charge in [0.05, 0.1) is 23.3 Å². The van der Waals surface area contributed by atoms with Crippen LogP contribution in [-0.2, 0) is 16.0 Å². The van der Waals surface area contributed by atoms with Gasteiger partial charge in [-0.25, -0.2) is 14.6 Å². The van der Waals surface area contributed by atoms with Crippen molar-refractivity contribution in [3.8, 4) is 0 Å². The van der Waals surface area contributed by atoms with Gasteiger partial charge in [0, 0.05) is 16.0 Å². The monoisotopic (exact) mass is 459 g/mol. The van der Waals surface area contributed by atoms with Crippen LogP contribution in [0.15, 0.2) is 23.7 Å². The minimum atomic E-state index is -0.724. The maximum atomic E-state index is 13.2. The third-order valence-electron chi connectivity index (χ3n) is 4.27. The number of nitrogen functional groups attached to an aromatic ring is 1. The predicted octanol–water partition coefficient (Wildman–Crippen LogP) is 5.11. The van der Waals surface area contributed by atoms with Crippen molar-refractivity contribution in [3.63, 3.8) is 0 Å². The Kier molecular flexibility index (Phi) is 6.19. The van der Waals surface area contributed by atoms with Crippen molar-refractivity contribution in [3.05, 3.63) is 34.3 Å². The summed E-state index contributed by atoms with van der Waals surface area (Å²) in [6.45, 7) is 12.7. The van der Waals surface area contributed by atoms with Gasteiger partial charge in [-0.05, 0) is 66.7 Å². The van der Waals surface area contributed by atoms with E-state index in [9.17, 15) is 9.59 Å². The lowest BCUT2D eigenvalue weighted by molar-refractivity contribution is 0.0515. The van der Waals surface area contributed by atoms with Crippen LogP contribution in [0.4, 0.5) is 21.1 Å². The maximum absolute atomic E-state index is 13.2. The highest BCUT2D eigenvalue weighted by molar-refractivity contribution is 7.09. The van der Waals surface area contributed by atoms with Crippen molar-refractivity contribution in [2.45, 2.75) is 66.2 Å². The number of fused-ring (bicyclic) bond motifs is 1. The van der Waals surface area contributed by atoms with Crippen LogP contribution in [0, 0.1) is 6.92 Å². The number of carbonyl (C=O) groups is 2. The van der Waals surface area contributed by atoms with Crippen LogP contribution in [0.25, 0.3) is 10.9 Å². The van der Waals surface area contributed by atoms with Crippen molar-refractivity contribution < 1.29 is 19.1 Å². The number of carbonyl (C=O) groups excluding carboxylic acids is 2. The number of thiazole rings is 1. The Hall–Kier alpha value is -3.14. The summed E-state index contributed by atoms with van der Waals surface area (Å²) in [5.41, 5.74) is 7.84. The molecule has 9 nitrogen and oxygen atoms in total. The Morgan fingerprint density at radius 3 is 2.34 bits per heavy atom. The second-order valence-corrected chi connectivity index (χ2v) is 10.5. The van der Waals surface area contributed by atoms with Gasteiger partial charge in [-0.2, -0.15) is 4.68 Å². The highest BCUT2D eigenvalue weighted by atomic mass is 32.1. The fourth-order valence-electron chi connectivity index (χ4n) is 2.93. The van der Waals surface area contributed by atoms with Gasteiger partial charge in [-0.1, -0.05) is 0 Å². The second-order valence-electron chi connectivity index (χ2n) is 9.41. The molecule has 1 aromatic carbocycles. The van der Waals surface area contributed by atoms with Crippen LogP contribution in [0.1, 0.15) is 52.1 Å². The van der Waals surface area contributed by atoms with Gasteiger partial charge in [-0.15, -0.1) is 16.4 Å². The molecular formula is C22H29N5O4S. The first-order valence-electron chi connectivity index (χ1n) is 10.2. The smallest absolute Gasteiger partial charge is 0.435 e. The summed E-state index contributed by atoms with van der Waals surface area (Å²) >= 11 is 1.48. The predicted molar refractivity (Wildman–Crippen MR) is 125 cm³/mol. The van der Waals surface area contributed by atoms with Crippen molar-refractivity contribution in [2.75, 3.05) is 10.6 Å². The number of anilines is 2. The lowest BCUT2D eigenvalue weighted by Gasteiger charge is -2.26. The molecule has 2 heterocycles. The summed E-state index contributed by atoms with van der Waals surface area (Å²) in [6.07, 6.45) is -1.27. The fraction of sp³-hybridized carbons (Fsp3) is 0.455. The number of nitrogens with two attached hydrogens (primary N) is 1. The lowest BCUT2D eigenvalue weighted by atomic mass is 10.2. The molecule has 3 rings (SSSR count). The summed E-state index contributed by atoms with van der Waals surface area (Å²) in [4.78, 5) is 32.8. The molecule has 3 aromatic rings. The van der Waals surface area contributed by atoms with E-state index in [-0.39, 0.29) is 12.4 Å². The molecule has 0 atom stereocenters. The number of nitrogens with zero attached hydrogens (tertiary/aromatic N) is 4. The molecule has 0 saturated heterocycles. The summed E-state index contributed by atoms with van der Waals surface area (Å²) in [5.74, 6) is 0.257. The van der Waals surface area contributed by atoms with Crippen LogP contribution in [0.3, 0.4) is 0 Å². The van der Waals surface area contributed by atoms with Gasteiger partial charge in [-0.3, -0.25) is 4.90 Å². The van der Waals surface area contributed by atoms with Crippen LogP contribution in [0.5, 0.6) is 0 Å². The molecule has 10 heteroatoms. The molecule has 0 aliphatic heterocycles. The van der Waals surface area contributed by atoms with E-state index in [0.29, 0.717) is 16.6 Å². The van der Waals surface area contributed by atoms with Gasteiger partial charge in [0.25, 0.3) is 0 Å². The van der Waals surface area contributed by atoms with E-state index in [1.165, 1.54) is 16.2 Å². The van der Waals surface area contributed by atoms with Gasteiger partial charge < -0.3 is 15.2 Å². The number of hydrogen-bond donors (Lipinski definition) is 1. The molecule has 1 amide bonds. The molecule has 0 spiro atoms. The topological polar surface area (TPSA) is 113 Å². The maximum Gasteiger partial charge on any atom is 0.435 e. The molecule has 0 aliphatic rings. The van der Waals surface area contributed by atoms with Crippen LogP contribution in [0.2, 0.25) is 0 Å². The zero-order chi connectivity index (χ0) is 23.8. The van der Waals surface area contributed by atoms with E-state index < -0.39 is 23.4 Å². The van der Waals surface area contributed by atoms with E-state index in [0.717, 1.165) is 15.3 Å². The highest BCUT2D eigenvalue weighted by Crippen LogP contribution is 2.31. The molecule has 0 fully saturated rings. The van der Waals surface area contributed by atoms with Crippen LogP contribution in [-0.4, -0.2) is 38.2 Å². The quantitative estimate of drug-likeness (QED) is 0.542. The SMILES string of the molecule is Cc1scnc1CN(C(=O)OC(C)(C)C)c1nn(C(=O)OC(C)(C)C)c2cc(N)ccc12. The van der Waals surface area contributed by atoms with Crippen LogP contribution >= 0.6 is 11.3 Å². The molecule has 32 heavy (non-hydrogen) atoms. The number of aromatic nitrogens is 3. The minimum absolute atomic E-state index is 0.134. The second kappa shape index (κ2) is 8.42. The average molecular weight is 460 g/mol. The zero-order valence-electron chi connectivity index (χ0n) is 19.4. The standard InChI is InChI=1S/C22H29N5O4S/c1-13-16(24-12-32-13)11-26(19(28)30-21(2,3)4)18-15-9-8-14(23)10-17(15)27(25-18)20(29)31-22(5,6)7/h8-10,12H,11,23H2,1-7H3. The number of amides is 1. The van der Waals surface area contributed by atoms with E-state index in [1.807, 2.05) is 6.92 Å². The summed E-state index contributed by atoms with van der Waals surface area (Å²) in [6, 6.07) is 5.03.